The summed E-state index contributed by atoms with van der Waals surface area (Å²) in [6.07, 6.45) is 7.52. The lowest BCUT2D eigenvalue weighted by Crippen LogP contribution is -2.18. The van der Waals surface area contributed by atoms with Crippen molar-refractivity contribution in [2.24, 2.45) is 5.92 Å². The molecule has 0 saturated carbocycles. The summed E-state index contributed by atoms with van der Waals surface area (Å²) in [4.78, 5) is 0. The molecule has 0 aliphatic rings. The first-order valence-electron chi connectivity index (χ1n) is 12.0. The van der Waals surface area contributed by atoms with Gasteiger partial charge >= 0.3 is 0 Å². The van der Waals surface area contributed by atoms with Crippen molar-refractivity contribution in [2.75, 3.05) is 6.61 Å². The Hall–Kier alpha value is -2.53. The molecule has 0 bridgehead atoms. The Morgan fingerprint density at radius 1 is 0.886 bits per heavy atom. The highest BCUT2D eigenvalue weighted by Crippen LogP contribution is 2.19. The van der Waals surface area contributed by atoms with Crippen molar-refractivity contribution < 1.29 is 20.1 Å². The Kier molecular flexibility index (Phi) is 19.3. The van der Waals surface area contributed by atoms with E-state index in [1.807, 2.05) is 44.2 Å². The molecule has 0 aliphatic heterocycles. The number of nitrogens with zero attached hydrogens (tertiary/aromatic N) is 1. The van der Waals surface area contributed by atoms with Gasteiger partial charge in [0.25, 0.3) is 0 Å². The van der Waals surface area contributed by atoms with Gasteiger partial charge in [0.1, 0.15) is 12.4 Å². The maximum Gasteiger partial charge on any atom is 0.192 e. The number of unbranched alkanes of at least 4 members (excludes halogenated alkanes) is 5. The van der Waals surface area contributed by atoms with Gasteiger partial charge in [-0.15, -0.1) is 0 Å². The topological polar surface area (TPSA) is 93.7 Å². The van der Waals surface area contributed by atoms with Crippen LogP contribution in [-0.2, 0) is 0 Å². The van der Waals surface area contributed by atoms with E-state index in [0.29, 0.717) is 16.9 Å². The van der Waals surface area contributed by atoms with E-state index < -0.39 is 6.10 Å². The van der Waals surface area contributed by atoms with Crippen molar-refractivity contribution in [3.8, 4) is 11.8 Å². The molecular weight excluding hydrogens is 478 g/mol. The molecule has 0 aromatic heterocycles. The summed E-state index contributed by atoms with van der Waals surface area (Å²) >= 11 is 9.28. The molecule has 5 nitrogen and oxygen atoms in total. The molecule has 0 amide bonds. The van der Waals surface area contributed by atoms with Crippen LogP contribution in [0.3, 0.4) is 0 Å². The lowest BCUT2D eigenvalue weighted by molar-refractivity contribution is 0.0973. The molecule has 0 fully saturated rings. The molecule has 7 heteroatoms. The predicted molar refractivity (Wildman–Crippen MR) is 151 cm³/mol. The number of aliphatic hydroxyl groups excluding tert-OH is 3. The standard InChI is InChI=1S/C17H26O3S.C7H6OS.C4H7N/c1-2-3-4-5-6-7-10-14(18)13-20-16-12-9-8-11-15(16)17(19)21;8-7(9)6-4-2-1-3-5-6;1-4(2)3-5/h8-9,11-12,14,18H,2-7,10,13H2,1H3,(H,19,21);1-5H,(H,8,9);4H,1-2H3. The van der Waals surface area contributed by atoms with Crippen molar-refractivity contribution in [1.29, 1.82) is 5.26 Å². The van der Waals surface area contributed by atoms with Crippen LogP contribution in [0.2, 0.25) is 0 Å². The van der Waals surface area contributed by atoms with Crippen molar-refractivity contribution in [3.63, 3.8) is 0 Å². The normalized spacial score (nSPS) is 10.6. The molecule has 192 valence electrons. The quantitative estimate of drug-likeness (QED) is 0.198. The average Bonchev–Trinajstić information content (AvgIpc) is 2.86. The number of benzene rings is 2. The van der Waals surface area contributed by atoms with Crippen molar-refractivity contribution in [2.45, 2.75) is 71.8 Å². The minimum Gasteiger partial charge on any atom is -0.499 e. The van der Waals surface area contributed by atoms with Gasteiger partial charge in [-0.25, -0.2) is 0 Å². The van der Waals surface area contributed by atoms with Crippen molar-refractivity contribution >= 4 is 34.5 Å². The number of aliphatic hydroxyl groups is 3. The Labute approximate surface area is 221 Å². The van der Waals surface area contributed by atoms with Crippen LogP contribution >= 0.6 is 24.4 Å². The summed E-state index contributed by atoms with van der Waals surface area (Å²) in [6.45, 7) is 6.16. The number of ether oxygens (including phenoxy) is 1. The highest BCUT2D eigenvalue weighted by molar-refractivity contribution is 7.80. The molecule has 2 rings (SSSR count). The van der Waals surface area contributed by atoms with Crippen molar-refractivity contribution in [3.05, 3.63) is 65.7 Å². The van der Waals surface area contributed by atoms with Gasteiger partial charge in [0.05, 0.1) is 17.7 Å². The number of thiocarbonyl (C=S) groups is 2. The predicted octanol–water partition coefficient (Wildman–Crippen LogP) is 7.50. The molecule has 3 N–H and O–H groups in total. The minimum atomic E-state index is -0.475. The lowest BCUT2D eigenvalue weighted by atomic mass is 10.1. The molecule has 35 heavy (non-hydrogen) atoms. The van der Waals surface area contributed by atoms with Gasteiger partial charge < -0.3 is 20.1 Å². The number of rotatable bonds is 12. The molecule has 1 atom stereocenters. The zero-order valence-corrected chi connectivity index (χ0v) is 22.7. The number of hydrogen-bond acceptors (Lipinski definition) is 5. The van der Waals surface area contributed by atoms with Crippen LogP contribution in [0.15, 0.2) is 54.6 Å². The zero-order valence-electron chi connectivity index (χ0n) is 21.0. The summed E-state index contributed by atoms with van der Waals surface area (Å²) in [5.74, 6) is 0.710. The van der Waals surface area contributed by atoms with Gasteiger partial charge in [-0.3, -0.25) is 0 Å². The lowest BCUT2D eigenvalue weighted by Gasteiger charge is -2.14. The number of hydrogen-bond donors (Lipinski definition) is 3. The van der Waals surface area contributed by atoms with Gasteiger partial charge in [0.2, 0.25) is 0 Å². The van der Waals surface area contributed by atoms with Crippen molar-refractivity contribution in [1.82, 2.24) is 0 Å². The van der Waals surface area contributed by atoms with Gasteiger partial charge in [-0.05, 0) is 56.8 Å². The Morgan fingerprint density at radius 3 is 1.94 bits per heavy atom. The highest BCUT2D eigenvalue weighted by Gasteiger charge is 2.10. The van der Waals surface area contributed by atoms with Crippen LogP contribution in [-0.4, -0.2) is 38.1 Å². The Morgan fingerprint density at radius 2 is 1.43 bits per heavy atom. The number of para-hydroxylation sites is 1. The smallest absolute Gasteiger partial charge is 0.192 e. The van der Waals surface area contributed by atoms with E-state index in [9.17, 15) is 10.2 Å². The van der Waals surface area contributed by atoms with Crippen LogP contribution in [0, 0.1) is 17.2 Å². The van der Waals surface area contributed by atoms with E-state index >= 15 is 0 Å². The summed E-state index contributed by atoms with van der Waals surface area (Å²) in [5, 5.41) is 35.7. The molecule has 1 unspecified atom stereocenters. The number of nitriles is 1. The van der Waals surface area contributed by atoms with Crippen LogP contribution in [0.25, 0.3) is 0 Å². The maximum absolute atomic E-state index is 9.92. The summed E-state index contributed by atoms with van der Waals surface area (Å²) in [5.41, 5.74) is 1.20. The second-order valence-corrected chi connectivity index (χ2v) is 9.05. The first-order chi connectivity index (χ1) is 16.7. The third-order valence-electron chi connectivity index (χ3n) is 4.72. The third-order valence-corrected chi connectivity index (χ3v) is 5.17. The van der Waals surface area contributed by atoms with Crippen LogP contribution < -0.4 is 4.74 Å². The van der Waals surface area contributed by atoms with Gasteiger partial charge in [0.15, 0.2) is 10.1 Å². The van der Waals surface area contributed by atoms with Crippen LogP contribution in [0.4, 0.5) is 0 Å². The second kappa shape index (κ2) is 20.8. The Bertz CT molecular complexity index is 882. The molecule has 2 aromatic carbocycles. The summed E-state index contributed by atoms with van der Waals surface area (Å²) < 4.78 is 5.56. The highest BCUT2D eigenvalue weighted by atomic mass is 32.1. The summed E-state index contributed by atoms with van der Waals surface area (Å²) in [6, 6.07) is 18.2. The van der Waals surface area contributed by atoms with Gasteiger partial charge in [-0.2, -0.15) is 5.26 Å². The van der Waals surface area contributed by atoms with E-state index in [1.54, 1.807) is 30.3 Å². The minimum absolute atomic E-state index is 0.0457. The summed E-state index contributed by atoms with van der Waals surface area (Å²) in [7, 11) is 0. The molecule has 0 radical (unpaired) electrons. The van der Waals surface area contributed by atoms with E-state index in [4.69, 9.17) is 27.3 Å². The van der Waals surface area contributed by atoms with E-state index in [1.165, 1.54) is 25.7 Å². The van der Waals surface area contributed by atoms with E-state index in [2.05, 4.69) is 19.1 Å². The molecule has 2 aromatic rings. The van der Waals surface area contributed by atoms with Crippen LogP contribution in [0.1, 0.15) is 76.8 Å². The first kappa shape index (κ1) is 32.5. The second-order valence-electron chi connectivity index (χ2n) is 8.28. The van der Waals surface area contributed by atoms with Gasteiger partial charge in [-0.1, -0.05) is 87.9 Å². The Balaban J connectivity index is 0.000000673. The fourth-order valence-electron chi connectivity index (χ4n) is 2.78. The zero-order chi connectivity index (χ0) is 26.5. The SMILES string of the molecule is CC(C)C#N.CCCCCCCCC(O)COc1ccccc1C(O)=S.OC(=S)c1ccccc1. The van der Waals surface area contributed by atoms with E-state index in [0.717, 1.165) is 19.3 Å². The maximum atomic E-state index is 9.92. The third kappa shape index (κ3) is 17.5. The van der Waals surface area contributed by atoms with Gasteiger partial charge in [0, 0.05) is 11.5 Å². The molecule has 0 spiro atoms. The van der Waals surface area contributed by atoms with Crippen LogP contribution in [0.5, 0.6) is 5.75 Å². The largest absolute Gasteiger partial charge is 0.499 e. The molecule has 0 heterocycles. The first-order valence-corrected chi connectivity index (χ1v) is 12.9. The fourth-order valence-corrected chi connectivity index (χ4v) is 3.08. The molecular formula is C28H39NO4S2. The molecule has 0 aliphatic carbocycles. The molecule has 0 saturated heterocycles. The monoisotopic (exact) mass is 517 g/mol. The average molecular weight is 518 g/mol. The van der Waals surface area contributed by atoms with E-state index in [-0.39, 0.29) is 22.6 Å². The fraction of sp³-hybridized carbons (Fsp3) is 0.464.